The fourth-order valence-corrected chi connectivity index (χ4v) is 3.83. The van der Waals surface area contributed by atoms with Crippen molar-refractivity contribution < 1.29 is 23.8 Å². The molecule has 4 rings (SSSR count). The molecule has 0 unspecified atom stereocenters. The van der Waals surface area contributed by atoms with Gasteiger partial charge in [-0.3, -0.25) is 4.79 Å². The average molecular weight is 495 g/mol. The first kappa shape index (κ1) is 23.6. The van der Waals surface area contributed by atoms with Gasteiger partial charge in [-0.15, -0.1) is 0 Å². The summed E-state index contributed by atoms with van der Waals surface area (Å²) in [6.45, 7) is -0.251. The van der Waals surface area contributed by atoms with Crippen LogP contribution in [-0.2, 0) is 11.3 Å². The molecule has 34 heavy (non-hydrogen) atoms. The summed E-state index contributed by atoms with van der Waals surface area (Å²) in [5, 5.41) is 2.82. The monoisotopic (exact) mass is 494 g/mol. The summed E-state index contributed by atoms with van der Waals surface area (Å²) in [5.74, 6) is 0.0967. The Morgan fingerprint density at radius 2 is 1.62 bits per heavy atom. The molecule has 0 aliphatic rings. The Labute approximate surface area is 206 Å². The first-order valence-electron chi connectivity index (χ1n) is 10.4. The van der Waals surface area contributed by atoms with Crippen LogP contribution in [0.5, 0.6) is 11.5 Å². The van der Waals surface area contributed by atoms with Gasteiger partial charge in [0.1, 0.15) is 23.7 Å². The molecule has 7 heteroatoms. The number of halogens is 2. The van der Waals surface area contributed by atoms with Gasteiger partial charge in [0, 0.05) is 21.2 Å². The van der Waals surface area contributed by atoms with Gasteiger partial charge < -0.3 is 14.2 Å². The number of fused-ring (bicyclic) bond motifs is 1. The molecule has 0 radical (unpaired) electrons. The number of ether oxygens (including phenoxy) is 3. The highest BCUT2D eigenvalue weighted by Crippen LogP contribution is 2.25. The number of ketones is 1. The van der Waals surface area contributed by atoms with Gasteiger partial charge in [-0.05, 0) is 53.2 Å². The van der Waals surface area contributed by atoms with Crippen molar-refractivity contribution in [1.29, 1.82) is 0 Å². The largest absolute Gasteiger partial charge is 0.497 e. The second-order valence-electron chi connectivity index (χ2n) is 7.45. The normalized spacial score (nSPS) is 10.7. The molecule has 0 atom stereocenters. The lowest BCUT2D eigenvalue weighted by atomic mass is 10.0. The van der Waals surface area contributed by atoms with Crippen LogP contribution in [0.3, 0.4) is 0 Å². The van der Waals surface area contributed by atoms with Gasteiger partial charge in [-0.2, -0.15) is 0 Å². The molecule has 0 N–H and O–H groups in total. The summed E-state index contributed by atoms with van der Waals surface area (Å²) >= 11 is 12.1. The van der Waals surface area contributed by atoms with Crippen molar-refractivity contribution in [2.45, 2.75) is 6.61 Å². The molecule has 0 heterocycles. The van der Waals surface area contributed by atoms with E-state index in [2.05, 4.69) is 0 Å². The lowest BCUT2D eigenvalue weighted by Gasteiger charge is -2.12. The molecule has 0 aromatic heterocycles. The Bertz CT molecular complexity index is 1370. The first-order valence-corrected chi connectivity index (χ1v) is 11.1. The predicted molar refractivity (Wildman–Crippen MR) is 132 cm³/mol. The van der Waals surface area contributed by atoms with E-state index in [1.807, 2.05) is 24.3 Å². The number of para-hydroxylation sites is 1. The zero-order chi connectivity index (χ0) is 24.1. The summed E-state index contributed by atoms with van der Waals surface area (Å²) in [6, 6.07) is 22.6. The standard InChI is InChI=1S/C27H20Cl2O5/c1-32-22-11-9-17-12-19(7-6-18(17)13-22)25(30)16-34-27(31)23-4-2-3-5-26(23)33-15-20-8-10-21(28)14-24(20)29/h2-14H,15-16H2,1H3. The number of carbonyl (C=O) groups is 2. The summed E-state index contributed by atoms with van der Waals surface area (Å²) in [7, 11) is 1.60. The van der Waals surface area contributed by atoms with Crippen molar-refractivity contribution in [3.8, 4) is 11.5 Å². The van der Waals surface area contributed by atoms with Gasteiger partial charge in [0.25, 0.3) is 0 Å². The minimum Gasteiger partial charge on any atom is -0.497 e. The smallest absolute Gasteiger partial charge is 0.342 e. The molecule has 0 amide bonds. The predicted octanol–water partition coefficient (Wildman–Crippen LogP) is 6.77. The maximum absolute atomic E-state index is 12.7. The van der Waals surface area contributed by atoms with Crippen LogP contribution < -0.4 is 9.47 Å². The Morgan fingerprint density at radius 1 is 0.853 bits per heavy atom. The molecular weight excluding hydrogens is 475 g/mol. The molecule has 4 aromatic carbocycles. The summed E-state index contributed by atoms with van der Waals surface area (Å²) in [5.41, 5.74) is 1.39. The molecule has 0 fully saturated rings. The van der Waals surface area contributed by atoms with E-state index < -0.39 is 12.6 Å². The number of Topliss-reactive ketones (excluding diaryl/α,β-unsaturated/α-hetero) is 1. The Hall–Kier alpha value is -3.54. The molecule has 0 aliphatic heterocycles. The summed E-state index contributed by atoms with van der Waals surface area (Å²) in [6.07, 6.45) is 0. The minimum atomic E-state index is -0.656. The Kier molecular flexibility index (Phi) is 7.36. The summed E-state index contributed by atoms with van der Waals surface area (Å²) in [4.78, 5) is 25.3. The fourth-order valence-electron chi connectivity index (χ4n) is 3.37. The second kappa shape index (κ2) is 10.6. The van der Waals surface area contributed by atoms with Crippen LogP contribution in [0.15, 0.2) is 78.9 Å². The molecule has 5 nitrogen and oxygen atoms in total. The van der Waals surface area contributed by atoms with Gasteiger partial charge in [0.15, 0.2) is 12.4 Å². The number of esters is 1. The number of methoxy groups -OCH3 is 1. The highest BCUT2D eigenvalue weighted by atomic mass is 35.5. The van der Waals surface area contributed by atoms with Crippen molar-refractivity contribution in [3.63, 3.8) is 0 Å². The molecule has 0 aliphatic carbocycles. The third-order valence-electron chi connectivity index (χ3n) is 5.21. The van der Waals surface area contributed by atoms with Crippen LogP contribution in [0.25, 0.3) is 10.8 Å². The zero-order valence-electron chi connectivity index (χ0n) is 18.2. The maximum Gasteiger partial charge on any atom is 0.342 e. The van der Waals surface area contributed by atoms with Gasteiger partial charge >= 0.3 is 5.97 Å². The second-order valence-corrected chi connectivity index (χ2v) is 8.29. The lowest BCUT2D eigenvalue weighted by Crippen LogP contribution is -2.15. The maximum atomic E-state index is 12.7. The van der Waals surface area contributed by atoms with Crippen LogP contribution >= 0.6 is 23.2 Å². The Balaban J connectivity index is 1.42. The molecule has 0 spiro atoms. The Morgan fingerprint density at radius 3 is 2.41 bits per heavy atom. The molecule has 172 valence electrons. The highest BCUT2D eigenvalue weighted by molar-refractivity contribution is 6.35. The third-order valence-corrected chi connectivity index (χ3v) is 5.80. The number of benzene rings is 4. The van der Waals surface area contributed by atoms with Gasteiger partial charge in [0.2, 0.25) is 0 Å². The quantitative estimate of drug-likeness (QED) is 0.199. The van der Waals surface area contributed by atoms with Gasteiger partial charge in [0.05, 0.1) is 7.11 Å². The van der Waals surface area contributed by atoms with Crippen LogP contribution in [-0.4, -0.2) is 25.5 Å². The van der Waals surface area contributed by atoms with E-state index in [9.17, 15) is 9.59 Å². The molecule has 0 saturated heterocycles. The van der Waals surface area contributed by atoms with Crippen molar-refractivity contribution in [3.05, 3.63) is 106 Å². The van der Waals surface area contributed by atoms with Crippen molar-refractivity contribution >= 4 is 45.7 Å². The molecule has 0 bridgehead atoms. The van der Waals surface area contributed by atoms with E-state index in [0.717, 1.165) is 22.1 Å². The van der Waals surface area contributed by atoms with Gasteiger partial charge in [-0.1, -0.05) is 59.6 Å². The number of hydrogen-bond donors (Lipinski definition) is 0. The topological polar surface area (TPSA) is 61.8 Å². The van der Waals surface area contributed by atoms with Crippen molar-refractivity contribution in [2.24, 2.45) is 0 Å². The van der Waals surface area contributed by atoms with E-state index in [1.54, 1.807) is 61.7 Å². The van der Waals surface area contributed by atoms with Crippen LogP contribution in [0, 0.1) is 0 Å². The van der Waals surface area contributed by atoms with Crippen LogP contribution in [0.4, 0.5) is 0 Å². The van der Waals surface area contributed by atoms with E-state index in [4.69, 9.17) is 37.4 Å². The van der Waals surface area contributed by atoms with E-state index >= 15 is 0 Å². The van der Waals surface area contributed by atoms with E-state index in [-0.39, 0.29) is 18.0 Å². The third kappa shape index (κ3) is 5.50. The fraction of sp³-hybridized carbons (Fsp3) is 0.111. The van der Waals surface area contributed by atoms with E-state index in [1.165, 1.54) is 0 Å². The zero-order valence-corrected chi connectivity index (χ0v) is 19.7. The molecule has 0 saturated carbocycles. The molecule has 4 aromatic rings. The van der Waals surface area contributed by atoms with Crippen molar-refractivity contribution in [2.75, 3.05) is 13.7 Å². The van der Waals surface area contributed by atoms with Crippen molar-refractivity contribution in [1.82, 2.24) is 0 Å². The first-order chi connectivity index (χ1) is 16.4. The lowest BCUT2D eigenvalue weighted by molar-refractivity contribution is 0.0470. The average Bonchev–Trinajstić information content (AvgIpc) is 2.86. The number of carbonyl (C=O) groups excluding carboxylic acids is 2. The van der Waals surface area contributed by atoms with Crippen LogP contribution in [0.2, 0.25) is 10.0 Å². The summed E-state index contributed by atoms with van der Waals surface area (Å²) < 4.78 is 16.3. The van der Waals surface area contributed by atoms with Gasteiger partial charge in [-0.25, -0.2) is 4.79 Å². The SMILES string of the molecule is COc1ccc2cc(C(=O)COC(=O)c3ccccc3OCc3ccc(Cl)cc3Cl)ccc2c1. The van der Waals surface area contributed by atoms with E-state index in [0.29, 0.717) is 21.4 Å². The van der Waals surface area contributed by atoms with Crippen LogP contribution in [0.1, 0.15) is 26.3 Å². The number of rotatable bonds is 8. The minimum absolute atomic E-state index is 0.140. The molecular formula is C27H20Cl2O5. The highest BCUT2D eigenvalue weighted by Gasteiger charge is 2.17. The number of hydrogen-bond acceptors (Lipinski definition) is 5.